The summed E-state index contributed by atoms with van der Waals surface area (Å²) in [6, 6.07) is 12.4. The van der Waals surface area contributed by atoms with Crippen molar-refractivity contribution in [2.24, 2.45) is 0 Å². The molecule has 0 aliphatic rings. The van der Waals surface area contributed by atoms with Crippen LogP contribution in [0.1, 0.15) is 5.56 Å². The number of nitrogens with one attached hydrogen (secondary N) is 1. The number of rotatable bonds is 5. The lowest BCUT2D eigenvalue weighted by molar-refractivity contribution is -0.118. The molecule has 1 N–H and O–H groups in total. The van der Waals surface area contributed by atoms with Crippen LogP contribution in [-0.4, -0.2) is 17.5 Å². The normalized spacial score (nSPS) is 10.8. The average Bonchev–Trinajstić information content (AvgIpc) is 3.15. The SMILES string of the molecule is Cc1cc(=O)oc2cc(OCC(=O)Nc3nc(-c4ccc(F)cc4)cs3)ccc12. The highest BCUT2D eigenvalue weighted by atomic mass is 32.1. The molecule has 0 bridgehead atoms. The first-order valence-electron chi connectivity index (χ1n) is 8.66. The van der Waals surface area contributed by atoms with Gasteiger partial charge in [-0.3, -0.25) is 10.1 Å². The van der Waals surface area contributed by atoms with Crippen molar-refractivity contribution in [2.75, 3.05) is 11.9 Å². The minimum atomic E-state index is -0.439. The van der Waals surface area contributed by atoms with Gasteiger partial charge in [0.05, 0.1) is 5.69 Å². The van der Waals surface area contributed by atoms with E-state index in [0.717, 1.165) is 16.5 Å². The molecule has 0 unspecified atom stereocenters. The number of amides is 1. The molecule has 0 fully saturated rings. The molecule has 0 spiro atoms. The Morgan fingerprint density at radius 3 is 2.79 bits per heavy atom. The highest BCUT2D eigenvalue weighted by Gasteiger charge is 2.10. The number of aryl methyl sites for hydroxylation is 1. The monoisotopic (exact) mass is 410 g/mol. The van der Waals surface area contributed by atoms with E-state index in [2.05, 4.69) is 10.3 Å². The number of ether oxygens (including phenoxy) is 1. The van der Waals surface area contributed by atoms with Crippen molar-refractivity contribution in [3.63, 3.8) is 0 Å². The zero-order valence-electron chi connectivity index (χ0n) is 15.3. The minimum Gasteiger partial charge on any atom is -0.484 e. The predicted molar refractivity (Wildman–Crippen MR) is 109 cm³/mol. The third kappa shape index (κ3) is 4.33. The molecule has 2 aromatic heterocycles. The lowest BCUT2D eigenvalue weighted by atomic mass is 10.1. The summed E-state index contributed by atoms with van der Waals surface area (Å²) in [6.45, 7) is 1.59. The average molecular weight is 410 g/mol. The fourth-order valence-corrected chi connectivity index (χ4v) is 3.52. The summed E-state index contributed by atoms with van der Waals surface area (Å²) in [4.78, 5) is 28.0. The van der Waals surface area contributed by atoms with Gasteiger partial charge in [0.2, 0.25) is 0 Å². The van der Waals surface area contributed by atoms with Gasteiger partial charge in [0.15, 0.2) is 11.7 Å². The first kappa shape index (κ1) is 18.8. The molecule has 4 rings (SSSR count). The third-order valence-electron chi connectivity index (χ3n) is 4.18. The van der Waals surface area contributed by atoms with Gasteiger partial charge in [-0.1, -0.05) is 0 Å². The molecule has 0 saturated heterocycles. The molecule has 2 heterocycles. The first-order valence-corrected chi connectivity index (χ1v) is 9.54. The van der Waals surface area contributed by atoms with E-state index < -0.39 is 5.63 Å². The summed E-state index contributed by atoms with van der Waals surface area (Å²) in [5.74, 6) is -0.291. The standard InChI is InChI=1S/C21H15FN2O4S/c1-12-8-20(26)28-18-9-15(6-7-16(12)18)27-10-19(25)24-21-23-17(11-29-21)13-2-4-14(22)5-3-13/h2-9,11H,10H2,1H3,(H,23,24,25). The van der Waals surface area contributed by atoms with E-state index in [1.807, 2.05) is 6.92 Å². The molecule has 146 valence electrons. The maximum Gasteiger partial charge on any atom is 0.336 e. The van der Waals surface area contributed by atoms with Gasteiger partial charge >= 0.3 is 5.63 Å². The summed E-state index contributed by atoms with van der Waals surface area (Å²) >= 11 is 1.26. The summed E-state index contributed by atoms with van der Waals surface area (Å²) in [5.41, 5.74) is 2.17. The molecule has 8 heteroatoms. The van der Waals surface area contributed by atoms with Gasteiger partial charge in [-0.2, -0.15) is 0 Å². The number of hydrogen-bond acceptors (Lipinski definition) is 6. The Labute approximate surface area is 168 Å². The highest BCUT2D eigenvalue weighted by molar-refractivity contribution is 7.14. The molecule has 6 nitrogen and oxygen atoms in total. The quantitative estimate of drug-likeness (QED) is 0.494. The van der Waals surface area contributed by atoms with Gasteiger partial charge in [-0.15, -0.1) is 11.3 Å². The Morgan fingerprint density at radius 1 is 1.21 bits per heavy atom. The van der Waals surface area contributed by atoms with Crippen molar-refractivity contribution >= 4 is 33.3 Å². The largest absolute Gasteiger partial charge is 0.484 e. The molecule has 2 aromatic carbocycles. The van der Waals surface area contributed by atoms with E-state index in [1.54, 1.807) is 35.7 Å². The fraction of sp³-hybridized carbons (Fsp3) is 0.0952. The molecule has 1 amide bonds. The van der Waals surface area contributed by atoms with Gasteiger partial charge in [0.25, 0.3) is 5.91 Å². The van der Waals surface area contributed by atoms with Crippen molar-refractivity contribution in [3.8, 4) is 17.0 Å². The van der Waals surface area contributed by atoms with E-state index in [0.29, 0.717) is 22.2 Å². The number of aromatic nitrogens is 1. The Balaban J connectivity index is 1.40. The number of anilines is 1. The number of nitrogens with zero attached hydrogens (tertiary/aromatic N) is 1. The number of fused-ring (bicyclic) bond motifs is 1. The van der Waals surface area contributed by atoms with Crippen LogP contribution in [0.15, 0.2) is 63.1 Å². The predicted octanol–water partition coefficient (Wildman–Crippen LogP) is 4.38. The Kier molecular flexibility index (Phi) is 5.09. The Bertz CT molecular complexity index is 1250. The molecular weight excluding hydrogens is 395 g/mol. The van der Waals surface area contributed by atoms with Crippen LogP contribution < -0.4 is 15.7 Å². The summed E-state index contributed by atoms with van der Waals surface area (Å²) in [5, 5.41) is 5.66. The number of carbonyl (C=O) groups excluding carboxylic acids is 1. The van der Waals surface area contributed by atoms with Crippen LogP contribution in [0.2, 0.25) is 0 Å². The summed E-state index contributed by atoms with van der Waals surface area (Å²) in [6.07, 6.45) is 0. The van der Waals surface area contributed by atoms with E-state index >= 15 is 0 Å². The maximum atomic E-state index is 13.0. The highest BCUT2D eigenvalue weighted by Crippen LogP contribution is 2.25. The van der Waals surface area contributed by atoms with Gasteiger partial charge in [0.1, 0.15) is 17.1 Å². The van der Waals surface area contributed by atoms with Crippen LogP contribution in [0.3, 0.4) is 0 Å². The number of carbonyl (C=O) groups is 1. The van der Waals surface area contributed by atoms with Gasteiger partial charge in [-0.05, 0) is 48.9 Å². The van der Waals surface area contributed by atoms with E-state index in [1.165, 1.54) is 29.5 Å². The molecule has 4 aromatic rings. The van der Waals surface area contributed by atoms with Crippen LogP contribution >= 0.6 is 11.3 Å². The molecule has 29 heavy (non-hydrogen) atoms. The number of hydrogen-bond donors (Lipinski definition) is 1. The van der Waals surface area contributed by atoms with Crippen molar-refractivity contribution < 1.29 is 18.3 Å². The summed E-state index contributed by atoms with van der Waals surface area (Å²) < 4.78 is 23.7. The van der Waals surface area contributed by atoms with Gasteiger partial charge < -0.3 is 9.15 Å². The second-order valence-corrected chi connectivity index (χ2v) is 7.15. The Morgan fingerprint density at radius 2 is 2.00 bits per heavy atom. The third-order valence-corrected chi connectivity index (χ3v) is 4.94. The molecule has 0 aliphatic carbocycles. The lowest BCUT2D eigenvalue weighted by Crippen LogP contribution is -2.20. The molecule has 0 aliphatic heterocycles. The second kappa shape index (κ2) is 7.84. The first-order chi connectivity index (χ1) is 14.0. The zero-order chi connectivity index (χ0) is 20.4. The number of thiazole rings is 1. The van der Waals surface area contributed by atoms with Crippen molar-refractivity contribution in [2.45, 2.75) is 6.92 Å². The lowest BCUT2D eigenvalue weighted by Gasteiger charge is -2.07. The van der Waals surface area contributed by atoms with E-state index in [-0.39, 0.29) is 18.3 Å². The maximum absolute atomic E-state index is 13.0. The number of benzene rings is 2. The Hall–Kier alpha value is -3.52. The topological polar surface area (TPSA) is 81.4 Å². The van der Waals surface area contributed by atoms with Crippen molar-refractivity contribution in [3.05, 3.63) is 75.7 Å². The van der Waals surface area contributed by atoms with E-state index in [9.17, 15) is 14.0 Å². The zero-order valence-corrected chi connectivity index (χ0v) is 16.1. The van der Waals surface area contributed by atoms with Crippen LogP contribution in [-0.2, 0) is 4.79 Å². The molecule has 0 atom stereocenters. The summed E-state index contributed by atoms with van der Waals surface area (Å²) in [7, 11) is 0. The van der Waals surface area contributed by atoms with Crippen molar-refractivity contribution in [1.29, 1.82) is 0 Å². The van der Waals surface area contributed by atoms with Gasteiger partial charge in [-0.25, -0.2) is 14.2 Å². The van der Waals surface area contributed by atoms with Crippen LogP contribution in [0.4, 0.5) is 9.52 Å². The smallest absolute Gasteiger partial charge is 0.336 e. The van der Waals surface area contributed by atoms with Crippen LogP contribution in [0.25, 0.3) is 22.2 Å². The minimum absolute atomic E-state index is 0.229. The van der Waals surface area contributed by atoms with Crippen molar-refractivity contribution in [1.82, 2.24) is 4.98 Å². The number of halogens is 1. The fourth-order valence-electron chi connectivity index (χ4n) is 2.78. The van der Waals surface area contributed by atoms with Crippen LogP contribution in [0.5, 0.6) is 5.75 Å². The van der Waals surface area contributed by atoms with E-state index in [4.69, 9.17) is 9.15 Å². The molecular formula is C21H15FN2O4S. The molecule has 0 saturated carbocycles. The second-order valence-electron chi connectivity index (χ2n) is 6.29. The van der Waals surface area contributed by atoms with Crippen LogP contribution in [0, 0.1) is 12.7 Å². The molecule has 0 radical (unpaired) electrons. The van der Waals surface area contributed by atoms with Gasteiger partial charge in [0, 0.05) is 28.5 Å².